The number of rotatable bonds is 6. The zero-order chi connectivity index (χ0) is 18.6. The number of halogens is 1. The minimum absolute atomic E-state index is 0.0812. The first-order valence-corrected chi connectivity index (χ1v) is 8.53. The summed E-state index contributed by atoms with van der Waals surface area (Å²) in [6.07, 6.45) is 3.06. The highest BCUT2D eigenvalue weighted by atomic mass is 31.0. The summed E-state index contributed by atoms with van der Waals surface area (Å²) in [5.74, 6) is 0. The second kappa shape index (κ2) is 7.70. The van der Waals surface area contributed by atoms with Gasteiger partial charge in [-0.2, -0.15) is 5.10 Å². The van der Waals surface area contributed by atoms with E-state index in [0.717, 1.165) is 5.56 Å². The largest absolute Gasteiger partial charge is 0.460 e. The minimum atomic E-state index is -1.55. The Kier molecular flexibility index (Phi) is 5.38. The SMILES string of the molecule is CC(F)(P)COc1ncc(-c2ccc(=O)n(Cc3ccccc3)n2)cn1. The maximum atomic E-state index is 13.4. The molecule has 1 aromatic carbocycles. The van der Waals surface area contributed by atoms with Gasteiger partial charge in [0.15, 0.2) is 5.41 Å². The van der Waals surface area contributed by atoms with Crippen molar-refractivity contribution in [1.82, 2.24) is 19.7 Å². The lowest BCUT2D eigenvalue weighted by molar-refractivity contribution is 0.172. The van der Waals surface area contributed by atoms with Crippen LogP contribution in [0.5, 0.6) is 6.01 Å². The number of alkyl halides is 1. The molecule has 0 radical (unpaired) electrons. The molecule has 0 spiro atoms. The average Bonchev–Trinajstić information content (AvgIpc) is 2.63. The molecule has 3 aromatic rings. The molecule has 0 saturated carbocycles. The molecule has 134 valence electrons. The van der Waals surface area contributed by atoms with Crippen molar-refractivity contribution in [3.05, 3.63) is 70.8 Å². The normalized spacial score (nSPS) is 13.2. The van der Waals surface area contributed by atoms with Gasteiger partial charge in [-0.05, 0) is 18.6 Å². The van der Waals surface area contributed by atoms with Gasteiger partial charge in [0.05, 0.1) is 12.2 Å². The third-order valence-electron chi connectivity index (χ3n) is 3.45. The quantitative estimate of drug-likeness (QED) is 0.622. The first-order valence-electron chi connectivity index (χ1n) is 7.96. The lowest BCUT2D eigenvalue weighted by Crippen LogP contribution is -2.22. The van der Waals surface area contributed by atoms with Gasteiger partial charge < -0.3 is 4.74 Å². The highest BCUT2D eigenvalue weighted by molar-refractivity contribution is 7.18. The smallest absolute Gasteiger partial charge is 0.316 e. The molecule has 0 amide bonds. The monoisotopic (exact) mass is 372 g/mol. The Hall–Kier alpha value is -2.66. The first kappa shape index (κ1) is 18.1. The van der Waals surface area contributed by atoms with Crippen LogP contribution < -0.4 is 10.3 Å². The van der Waals surface area contributed by atoms with E-state index in [2.05, 4.69) is 15.1 Å². The Bertz CT molecular complexity index is 924. The van der Waals surface area contributed by atoms with Crippen LogP contribution in [-0.4, -0.2) is 31.8 Å². The summed E-state index contributed by atoms with van der Waals surface area (Å²) in [6.45, 7) is 1.59. The van der Waals surface area contributed by atoms with Gasteiger partial charge in [0.25, 0.3) is 5.56 Å². The van der Waals surface area contributed by atoms with E-state index in [0.29, 0.717) is 17.8 Å². The van der Waals surface area contributed by atoms with Crippen LogP contribution in [0.2, 0.25) is 0 Å². The number of benzene rings is 1. The average molecular weight is 372 g/mol. The predicted molar refractivity (Wildman–Crippen MR) is 99.8 cm³/mol. The van der Waals surface area contributed by atoms with Gasteiger partial charge in [0.2, 0.25) is 0 Å². The third kappa shape index (κ3) is 4.92. The second-order valence-corrected chi connectivity index (χ2v) is 7.22. The number of hydrogen-bond acceptors (Lipinski definition) is 5. The Balaban J connectivity index is 1.79. The highest BCUT2D eigenvalue weighted by Gasteiger charge is 2.17. The van der Waals surface area contributed by atoms with Crippen molar-refractivity contribution >= 4 is 9.24 Å². The summed E-state index contributed by atoms with van der Waals surface area (Å²) < 4.78 is 20.0. The first-order chi connectivity index (χ1) is 12.4. The van der Waals surface area contributed by atoms with Gasteiger partial charge in [-0.15, -0.1) is 0 Å². The molecule has 0 N–H and O–H groups in total. The van der Waals surface area contributed by atoms with E-state index < -0.39 is 5.41 Å². The standard InChI is InChI=1S/C18H18FN4O2P/c1-18(19,26)12-25-17-20-9-14(10-21-17)15-7-8-16(24)23(22-15)11-13-5-3-2-4-6-13/h2-10H,11-12,26H2,1H3. The molecule has 2 heterocycles. The summed E-state index contributed by atoms with van der Waals surface area (Å²) in [6, 6.07) is 12.8. The topological polar surface area (TPSA) is 69.9 Å². The number of ether oxygens (including phenoxy) is 1. The summed E-state index contributed by atoms with van der Waals surface area (Å²) in [7, 11) is 2.05. The molecule has 8 heteroatoms. The third-order valence-corrected chi connectivity index (χ3v) is 3.62. The zero-order valence-electron chi connectivity index (χ0n) is 14.2. The Morgan fingerprint density at radius 1 is 1.15 bits per heavy atom. The van der Waals surface area contributed by atoms with Crippen molar-refractivity contribution in [3.8, 4) is 17.3 Å². The van der Waals surface area contributed by atoms with Gasteiger partial charge in [-0.3, -0.25) is 4.79 Å². The van der Waals surface area contributed by atoms with E-state index in [1.54, 1.807) is 6.07 Å². The lowest BCUT2D eigenvalue weighted by Gasteiger charge is -2.13. The van der Waals surface area contributed by atoms with Gasteiger partial charge in [0.1, 0.15) is 6.61 Å². The van der Waals surface area contributed by atoms with Gasteiger partial charge in [-0.1, -0.05) is 39.6 Å². The van der Waals surface area contributed by atoms with Gasteiger partial charge in [0, 0.05) is 24.0 Å². The highest BCUT2D eigenvalue weighted by Crippen LogP contribution is 2.20. The van der Waals surface area contributed by atoms with Crippen LogP contribution >= 0.6 is 9.24 Å². The molecule has 0 bridgehead atoms. The lowest BCUT2D eigenvalue weighted by atomic mass is 10.2. The number of aromatic nitrogens is 4. The van der Waals surface area contributed by atoms with Crippen LogP contribution in [0, 0.1) is 0 Å². The van der Waals surface area contributed by atoms with Crippen molar-refractivity contribution in [1.29, 1.82) is 0 Å². The summed E-state index contributed by atoms with van der Waals surface area (Å²) in [5, 5.41) is 2.83. The van der Waals surface area contributed by atoms with Crippen molar-refractivity contribution < 1.29 is 9.13 Å². The Labute approximate surface area is 152 Å². The van der Waals surface area contributed by atoms with Crippen molar-refractivity contribution in [2.75, 3.05) is 6.61 Å². The Morgan fingerprint density at radius 3 is 2.50 bits per heavy atom. The predicted octanol–water partition coefficient (Wildman–Crippen LogP) is 2.69. The van der Waals surface area contributed by atoms with Crippen LogP contribution in [0.15, 0.2) is 59.7 Å². The van der Waals surface area contributed by atoms with Crippen molar-refractivity contribution in [2.45, 2.75) is 18.9 Å². The maximum Gasteiger partial charge on any atom is 0.316 e. The molecule has 0 saturated heterocycles. The maximum absolute atomic E-state index is 13.4. The van der Waals surface area contributed by atoms with E-state index in [1.165, 1.54) is 30.1 Å². The summed E-state index contributed by atoms with van der Waals surface area (Å²) >= 11 is 0. The molecule has 6 nitrogen and oxygen atoms in total. The molecule has 2 atom stereocenters. The fourth-order valence-corrected chi connectivity index (χ4v) is 2.28. The van der Waals surface area contributed by atoms with Crippen molar-refractivity contribution in [2.24, 2.45) is 0 Å². The molecule has 26 heavy (non-hydrogen) atoms. The molecule has 3 rings (SSSR count). The zero-order valence-corrected chi connectivity index (χ0v) is 15.3. The molecular formula is C18H18FN4O2P. The van der Waals surface area contributed by atoms with Crippen LogP contribution in [0.4, 0.5) is 4.39 Å². The molecule has 0 aliphatic carbocycles. The number of hydrogen-bond donors (Lipinski definition) is 0. The fourth-order valence-electron chi connectivity index (χ4n) is 2.20. The van der Waals surface area contributed by atoms with Crippen LogP contribution in [-0.2, 0) is 6.54 Å². The van der Waals surface area contributed by atoms with Crippen LogP contribution in [0.25, 0.3) is 11.3 Å². The van der Waals surface area contributed by atoms with Crippen molar-refractivity contribution in [3.63, 3.8) is 0 Å². The molecular weight excluding hydrogens is 354 g/mol. The summed E-state index contributed by atoms with van der Waals surface area (Å²) in [5.41, 5.74) is 1.98. The van der Waals surface area contributed by atoms with E-state index in [1.807, 2.05) is 39.6 Å². The Morgan fingerprint density at radius 2 is 1.85 bits per heavy atom. The summed E-state index contributed by atoms with van der Waals surface area (Å²) in [4.78, 5) is 20.2. The van der Waals surface area contributed by atoms with Gasteiger partial charge in [-0.25, -0.2) is 19.0 Å². The van der Waals surface area contributed by atoms with E-state index >= 15 is 0 Å². The number of nitrogens with zero attached hydrogens (tertiary/aromatic N) is 4. The van der Waals surface area contributed by atoms with E-state index in [9.17, 15) is 9.18 Å². The molecule has 2 aromatic heterocycles. The molecule has 0 aliphatic rings. The second-order valence-electron chi connectivity index (χ2n) is 6.02. The minimum Gasteiger partial charge on any atom is -0.460 e. The van der Waals surface area contributed by atoms with E-state index in [4.69, 9.17) is 4.74 Å². The molecule has 2 unspecified atom stereocenters. The fraction of sp³-hybridized carbons (Fsp3) is 0.222. The molecule has 0 fully saturated rings. The van der Waals surface area contributed by atoms with E-state index in [-0.39, 0.29) is 18.2 Å². The van der Waals surface area contributed by atoms with Crippen LogP contribution in [0.3, 0.4) is 0 Å². The van der Waals surface area contributed by atoms with Crippen LogP contribution in [0.1, 0.15) is 12.5 Å². The molecule has 0 aliphatic heterocycles. The van der Waals surface area contributed by atoms with Gasteiger partial charge >= 0.3 is 6.01 Å².